The first-order chi connectivity index (χ1) is 8.65. The average Bonchev–Trinajstić information content (AvgIpc) is 2.34. The zero-order chi connectivity index (χ0) is 13.4. The SMILES string of the molecule is CCN(CC)CCNC(=S)Nc1cccc(C)c1. The van der Waals surface area contributed by atoms with Crippen molar-refractivity contribution in [1.82, 2.24) is 10.2 Å². The normalized spacial score (nSPS) is 10.4. The maximum Gasteiger partial charge on any atom is 0.170 e. The molecule has 0 unspecified atom stereocenters. The van der Waals surface area contributed by atoms with Crippen LogP contribution in [0.4, 0.5) is 5.69 Å². The molecule has 0 heterocycles. The molecule has 2 N–H and O–H groups in total. The van der Waals surface area contributed by atoms with Crippen LogP contribution in [0.2, 0.25) is 0 Å². The van der Waals surface area contributed by atoms with E-state index in [0.717, 1.165) is 31.9 Å². The fraction of sp³-hybridized carbons (Fsp3) is 0.500. The van der Waals surface area contributed by atoms with Crippen molar-refractivity contribution in [1.29, 1.82) is 0 Å². The third-order valence-electron chi connectivity index (χ3n) is 2.88. The van der Waals surface area contributed by atoms with Crippen LogP contribution in [-0.4, -0.2) is 36.2 Å². The number of anilines is 1. The van der Waals surface area contributed by atoms with Crippen LogP contribution in [0, 0.1) is 6.92 Å². The van der Waals surface area contributed by atoms with Crippen molar-refractivity contribution in [2.75, 3.05) is 31.5 Å². The Hall–Kier alpha value is -1.13. The zero-order valence-corrected chi connectivity index (χ0v) is 12.3. The maximum atomic E-state index is 5.26. The van der Waals surface area contributed by atoms with Crippen LogP contribution in [0.1, 0.15) is 19.4 Å². The van der Waals surface area contributed by atoms with E-state index in [-0.39, 0.29) is 0 Å². The fourth-order valence-electron chi connectivity index (χ4n) is 1.77. The van der Waals surface area contributed by atoms with Gasteiger partial charge in [0.15, 0.2) is 5.11 Å². The Morgan fingerprint density at radius 1 is 1.28 bits per heavy atom. The Morgan fingerprint density at radius 2 is 2.00 bits per heavy atom. The van der Waals surface area contributed by atoms with Gasteiger partial charge in [0.25, 0.3) is 0 Å². The fourth-order valence-corrected chi connectivity index (χ4v) is 1.99. The molecule has 18 heavy (non-hydrogen) atoms. The number of aryl methyl sites for hydroxylation is 1. The summed E-state index contributed by atoms with van der Waals surface area (Å²) in [7, 11) is 0. The Labute approximate surface area is 116 Å². The van der Waals surface area contributed by atoms with Gasteiger partial charge in [-0.15, -0.1) is 0 Å². The third-order valence-corrected chi connectivity index (χ3v) is 3.13. The van der Waals surface area contributed by atoms with Crippen LogP contribution in [-0.2, 0) is 0 Å². The summed E-state index contributed by atoms with van der Waals surface area (Å²) in [6.45, 7) is 10.5. The number of benzene rings is 1. The highest BCUT2D eigenvalue weighted by Gasteiger charge is 2.00. The maximum absolute atomic E-state index is 5.26. The molecule has 1 aromatic carbocycles. The number of hydrogen-bond donors (Lipinski definition) is 2. The van der Waals surface area contributed by atoms with Crippen molar-refractivity contribution in [3.05, 3.63) is 29.8 Å². The molecule has 1 rings (SSSR count). The van der Waals surface area contributed by atoms with Crippen molar-refractivity contribution in [3.63, 3.8) is 0 Å². The van der Waals surface area contributed by atoms with Crippen molar-refractivity contribution in [3.8, 4) is 0 Å². The van der Waals surface area contributed by atoms with Gasteiger partial charge in [-0.1, -0.05) is 26.0 Å². The van der Waals surface area contributed by atoms with E-state index in [4.69, 9.17) is 12.2 Å². The summed E-state index contributed by atoms with van der Waals surface area (Å²) in [4.78, 5) is 2.36. The lowest BCUT2D eigenvalue weighted by molar-refractivity contribution is 0.308. The summed E-state index contributed by atoms with van der Waals surface area (Å²) < 4.78 is 0. The Kier molecular flexibility index (Phi) is 6.68. The minimum Gasteiger partial charge on any atom is -0.361 e. The molecule has 100 valence electrons. The number of hydrogen-bond acceptors (Lipinski definition) is 2. The topological polar surface area (TPSA) is 27.3 Å². The summed E-state index contributed by atoms with van der Waals surface area (Å²) in [6, 6.07) is 8.20. The number of nitrogens with one attached hydrogen (secondary N) is 2. The van der Waals surface area contributed by atoms with Gasteiger partial charge < -0.3 is 15.5 Å². The van der Waals surface area contributed by atoms with Crippen molar-refractivity contribution >= 4 is 23.0 Å². The van der Waals surface area contributed by atoms with Gasteiger partial charge in [-0.2, -0.15) is 0 Å². The molecule has 1 aromatic rings. The Morgan fingerprint density at radius 3 is 2.61 bits per heavy atom. The van der Waals surface area contributed by atoms with E-state index in [0.29, 0.717) is 5.11 Å². The highest BCUT2D eigenvalue weighted by atomic mass is 32.1. The first-order valence-corrected chi connectivity index (χ1v) is 6.90. The summed E-state index contributed by atoms with van der Waals surface area (Å²) in [5.41, 5.74) is 2.27. The minimum atomic E-state index is 0.688. The number of likely N-dealkylation sites (N-methyl/N-ethyl adjacent to an activating group) is 1. The molecule has 4 heteroatoms. The van der Waals surface area contributed by atoms with Crippen LogP contribution in [0.15, 0.2) is 24.3 Å². The van der Waals surface area contributed by atoms with Crippen LogP contribution in [0.5, 0.6) is 0 Å². The largest absolute Gasteiger partial charge is 0.361 e. The van der Waals surface area contributed by atoms with E-state index in [2.05, 4.69) is 48.4 Å². The molecule has 0 aliphatic heterocycles. The Bertz CT molecular complexity index is 375. The van der Waals surface area contributed by atoms with Gasteiger partial charge in [-0.05, 0) is 49.9 Å². The minimum absolute atomic E-state index is 0.688. The lowest BCUT2D eigenvalue weighted by Crippen LogP contribution is -2.36. The monoisotopic (exact) mass is 265 g/mol. The molecule has 0 atom stereocenters. The summed E-state index contributed by atoms with van der Waals surface area (Å²) in [5, 5.41) is 7.11. The summed E-state index contributed by atoms with van der Waals surface area (Å²) in [6.07, 6.45) is 0. The van der Waals surface area contributed by atoms with Crippen LogP contribution < -0.4 is 10.6 Å². The number of nitrogens with zero attached hydrogens (tertiary/aromatic N) is 1. The lowest BCUT2D eigenvalue weighted by atomic mass is 10.2. The number of thiocarbonyl (C=S) groups is 1. The van der Waals surface area contributed by atoms with Gasteiger partial charge in [0.2, 0.25) is 0 Å². The van der Waals surface area contributed by atoms with Gasteiger partial charge in [0.05, 0.1) is 0 Å². The van der Waals surface area contributed by atoms with Crippen molar-refractivity contribution < 1.29 is 0 Å². The second kappa shape index (κ2) is 8.06. The van der Waals surface area contributed by atoms with E-state index in [1.807, 2.05) is 12.1 Å². The molecule has 0 aliphatic rings. The average molecular weight is 265 g/mol. The molecule has 0 saturated heterocycles. The van der Waals surface area contributed by atoms with Crippen LogP contribution >= 0.6 is 12.2 Å². The number of rotatable bonds is 6. The molecule has 0 bridgehead atoms. The van der Waals surface area contributed by atoms with E-state index in [1.54, 1.807) is 0 Å². The standard InChI is InChI=1S/C14H23N3S/c1-4-17(5-2)10-9-15-14(18)16-13-8-6-7-12(3)11-13/h6-8,11H,4-5,9-10H2,1-3H3,(H2,15,16,18). The Balaban J connectivity index is 2.29. The van der Waals surface area contributed by atoms with E-state index in [9.17, 15) is 0 Å². The molecule has 0 amide bonds. The van der Waals surface area contributed by atoms with E-state index in [1.165, 1.54) is 5.56 Å². The van der Waals surface area contributed by atoms with Gasteiger partial charge in [0, 0.05) is 18.8 Å². The second-order valence-corrected chi connectivity index (χ2v) is 4.69. The molecule has 0 aromatic heterocycles. The van der Waals surface area contributed by atoms with Crippen LogP contribution in [0.25, 0.3) is 0 Å². The quantitative estimate of drug-likeness (QED) is 0.773. The van der Waals surface area contributed by atoms with Gasteiger partial charge >= 0.3 is 0 Å². The third kappa shape index (κ3) is 5.47. The first kappa shape index (κ1) is 14.9. The van der Waals surface area contributed by atoms with E-state index < -0.39 is 0 Å². The second-order valence-electron chi connectivity index (χ2n) is 4.28. The smallest absolute Gasteiger partial charge is 0.170 e. The van der Waals surface area contributed by atoms with Crippen molar-refractivity contribution in [2.24, 2.45) is 0 Å². The molecule has 3 nitrogen and oxygen atoms in total. The highest BCUT2D eigenvalue weighted by Crippen LogP contribution is 2.08. The van der Waals surface area contributed by atoms with Gasteiger partial charge in [-0.3, -0.25) is 0 Å². The molecular formula is C14H23N3S. The predicted molar refractivity (Wildman–Crippen MR) is 83.2 cm³/mol. The molecule has 0 spiro atoms. The first-order valence-electron chi connectivity index (χ1n) is 6.49. The zero-order valence-electron chi connectivity index (χ0n) is 11.5. The van der Waals surface area contributed by atoms with Gasteiger partial charge in [-0.25, -0.2) is 0 Å². The molecular weight excluding hydrogens is 242 g/mol. The summed E-state index contributed by atoms with van der Waals surface area (Å²) >= 11 is 5.26. The van der Waals surface area contributed by atoms with Gasteiger partial charge in [0.1, 0.15) is 0 Å². The highest BCUT2D eigenvalue weighted by molar-refractivity contribution is 7.80. The van der Waals surface area contributed by atoms with E-state index >= 15 is 0 Å². The summed E-state index contributed by atoms with van der Waals surface area (Å²) in [5.74, 6) is 0. The molecule has 0 aliphatic carbocycles. The molecule has 0 radical (unpaired) electrons. The predicted octanol–water partition coefficient (Wildman–Crippen LogP) is 2.62. The van der Waals surface area contributed by atoms with Crippen LogP contribution in [0.3, 0.4) is 0 Å². The molecule has 0 fully saturated rings. The lowest BCUT2D eigenvalue weighted by Gasteiger charge is -2.19. The van der Waals surface area contributed by atoms with Crippen molar-refractivity contribution in [2.45, 2.75) is 20.8 Å². The molecule has 0 saturated carbocycles.